The summed E-state index contributed by atoms with van der Waals surface area (Å²) in [5.74, 6) is -2.54. The number of esters is 2. The smallest absolute Gasteiger partial charge is 0.343 e. The Morgan fingerprint density at radius 2 is 1.49 bits per heavy atom. The van der Waals surface area contributed by atoms with Crippen LogP contribution in [0.15, 0.2) is 39.9 Å². The number of halogens is 1. The lowest BCUT2D eigenvalue weighted by Crippen LogP contribution is -2.45. The van der Waals surface area contributed by atoms with Gasteiger partial charge in [-0.2, -0.15) is 0 Å². The molecule has 1 aliphatic carbocycles. The van der Waals surface area contributed by atoms with Crippen LogP contribution in [0.25, 0.3) is 44.6 Å². The summed E-state index contributed by atoms with van der Waals surface area (Å²) in [5.41, 5.74) is -1.50. The molecule has 4 aromatic heterocycles. The van der Waals surface area contributed by atoms with Crippen molar-refractivity contribution in [3.63, 3.8) is 0 Å². The van der Waals surface area contributed by atoms with E-state index in [9.17, 15) is 48.6 Å². The van der Waals surface area contributed by atoms with Gasteiger partial charge in [-0.25, -0.2) is 28.5 Å². The van der Waals surface area contributed by atoms with Crippen molar-refractivity contribution >= 4 is 62.2 Å². The van der Waals surface area contributed by atoms with Gasteiger partial charge >= 0.3 is 11.9 Å². The van der Waals surface area contributed by atoms with Crippen LogP contribution in [-0.2, 0) is 67.7 Å². The fraction of sp³-hybridized carbons (Fsp3) is 0.418. The van der Waals surface area contributed by atoms with E-state index in [1.165, 1.54) is 12.1 Å². The number of ether oxygens (including phenoxy) is 4. The van der Waals surface area contributed by atoms with Gasteiger partial charge in [-0.1, -0.05) is 6.92 Å². The second-order valence-corrected chi connectivity index (χ2v) is 30.8. The molecule has 0 spiro atoms. The van der Waals surface area contributed by atoms with Gasteiger partial charge in [0.15, 0.2) is 39.3 Å². The van der Waals surface area contributed by atoms with Gasteiger partial charge in [0, 0.05) is 46.0 Å². The van der Waals surface area contributed by atoms with Gasteiger partial charge in [-0.05, 0) is 130 Å². The minimum atomic E-state index is -3.19. The highest BCUT2D eigenvalue weighted by Crippen LogP contribution is 2.48. The number of hydrogen-bond donors (Lipinski definition) is 5. The zero-order valence-corrected chi connectivity index (χ0v) is 45.3. The van der Waals surface area contributed by atoms with E-state index in [0.717, 1.165) is 21.1 Å². The van der Waals surface area contributed by atoms with Crippen LogP contribution >= 0.6 is 0 Å². The van der Waals surface area contributed by atoms with Gasteiger partial charge in [0.25, 0.3) is 17.0 Å². The number of carbonyl (C=O) groups excluding carboxylic acids is 4. The van der Waals surface area contributed by atoms with Crippen molar-refractivity contribution in [3.05, 3.63) is 112 Å². The number of nitrogens with zero attached hydrogens (tertiary/aromatic N) is 4. The molecule has 77 heavy (non-hydrogen) atoms. The molecule has 6 aliphatic rings. The number of aliphatic hydroxyl groups is 2. The highest BCUT2D eigenvalue weighted by atomic mass is 28.4. The Balaban J connectivity index is 0.838. The van der Waals surface area contributed by atoms with E-state index in [4.69, 9.17) is 28.9 Å². The van der Waals surface area contributed by atoms with Crippen LogP contribution in [0.3, 0.4) is 0 Å². The molecule has 0 radical (unpaired) electrons. The highest BCUT2D eigenvalue weighted by Gasteiger charge is 2.50. The molecular formula is C55H56FN5O14Si2. The maximum atomic E-state index is 15.6. The molecule has 5 N–H and O–H groups in total. The summed E-state index contributed by atoms with van der Waals surface area (Å²) in [4.78, 5) is 117. The number of benzene rings is 2. The first-order chi connectivity index (χ1) is 36.4. The van der Waals surface area contributed by atoms with Crippen molar-refractivity contribution in [2.75, 3.05) is 6.79 Å². The third-order valence-corrected chi connectivity index (χ3v) is 21.0. The molecule has 4 atom stereocenters. The Morgan fingerprint density at radius 3 is 2.19 bits per heavy atom. The second-order valence-electron chi connectivity index (χ2n) is 22.6. The fourth-order valence-electron chi connectivity index (χ4n) is 12.6. The number of carbonyl (C=O) groups is 4. The maximum Gasteiger partial charge on any atom is 0.343 e. The van der Waals surface area contributed by atoms with E-state index in [1.807, 2.05) is 19.2 Å². The van der Waals surface area contributed by atoms with Crippen molar-refractivity contribution in [1.82, 2.24) is 24.4 Å². The number of pyridine rings is 4. The third-order valence-electron chi connectivity index (χ3n) is 17.0. The molecule has 19 nitrogen and oxygen atoms in total. The molecule has 0 saturated carbocycles. The number of cyclic esters (lactones) is 2. The zero-order valence-electron chi connectivity index (χ0n) is 43.3. The number of aromatic nitrogens is 4. The lowest BCUT2D eigenvalue weighted by atomic mass is 9.81. The van der Waals surface area contributed by atoms with E-state index in [-0.39, 0.29) is 103 Å². The van der Waals surface area contributed by atoms with E-state index in [2.05, 4.69) is 5.32 Å². The summed E-state index contributed by atoms with van der Waals surface area (Å²) < 4.78 is 40.2. The fourth-order valence-corrected chi connectivity index (χ4v) is 15.1. The van der Waals surface area contributed by atoms with E-state index < -0.39 is 86.7 Å². The maximum absolute atomic E-state index is 15.6. The predicted octanol–water partition coefficient (Wildman–Crippen LogP) is 5.55. The summed E-state index contributed by atoms with van der Waals surface area (Å²) >= 11 is 0. The van der Waals surface area contributed by atoms with Gasteiger partial charge in [-0.15, -0.1) is 0 Å². The topological polar surface area (TPSA) is 268 Å². The van der Waals surface area contributed by atoms with Gasteiger partial charge in [0.2, 0.25) is 12.7 Å². The summed E-state index contributed by atoms with van der Waals surface area (Å²) in [7, 11) is -5.73. The van der Waals surface area contributed by atoms with E-state index in [0.29, 0.717) is 69.4 Å². The van der Waals surface area contributed by atoms with Crippen molar-refractivity contribution < 1.29 is 62.3 Å². The predicted molar refractivity (Wildman–Crippen MR) is 280 cm³/mol. The summed E-state index contributed by atoms with van der Waals surface area (Å²) in [6, 6.07) is 7.63. The zero-order chi connectivity index (χ0) is 54.6. The summed E-state index contributed by atoms with van der Waals surface area (Å²) in [6.07, 6.45) is 0.722. The van der Waals surface area contributed by atoms with Gasteiger partial charge in [0.05, 0.1) is 57.4 Å². The molecule has 2 aromatic carbocycles. The molecular weight excluding hydrogens is 1030 g/mol. The van der Waals surface area contributed by atoms with Crippen LogP contribution in [0.1, 0.15) is 112 Å². The first kappa shape index (κ1) is 50.8. The molecule has 22 heteroatoms. The normalized spacial score (nSPS) is 21.0. The number of amides is 1. The first-order valence-electron chi connectivity index (χ1n) is 26.0. The van der Waals surface area contributed by atoms with Crippen LogP contribution in [0, 0.1) is 12.7 Å². The Kier molecular flexibility index (Phi) is 11.6. The molecule has 400 valence electrons. The molecule has 5 aliphatic heterocycles. The Labute approximate surface area is 440 Å². The number of hydrogen-bond acceptors (Lipinski definition) is 16. The van der Waals surface area contributed by atoms with Gasteiger partial charge < -0.3 is 48.6 Å². The SMILES string of the molecule is CC[C@@]1(O)C(=O)OCc2c1cc1n(c2=O)C(=O)c2c-1nc1cc(F)c(C)c3c1c2[C@@H](NC(=O)CCC(CC[C@@]1(O)C(=O)OCc2c1cc1n(c2=O)Cc2c-1nc1cc4c(cc1c2CC[Si](C)(C)O)OCO4)[Si](C)(C)O)CC3. The molecule has 1 unspecified atom stereocenters. The van der Waals surface area contributed by atoms with Gasteiger partial charge in [0.1, 0.15) is 24.7 Å². The molecule has 9 heterocycles. The standard InChI is InChI=1S/C55H56FN5O14Si2/c1-7-54(68)33-18-40-48-46(51(65)61(40)50(64)32(33)23-72-52(54)66)45-36(10-9-27-25(2)35(56)19-38(59-48)44(27)45)57-43(62)11-8-26(77(5,6)71)12-14-55(69)34-17-39-47-30(21-60(39)49(63)31(34)22-73-53(55)67)28(13-15-76(3,4)70)29-16-41-42(75-24-74-41)20-37(29)58-47/h16-20,26,36,68-71H,7-15,21-24H2,1-6H3,(H,57,62)/t26?,36-,54-,55-/m0/s1. The van der Waals surface area contributed by atoms with Crippen molar-refractivity contribution in [2.45, 2.75) is 140 Å². The second kappa shape index (κ2) is 17.5. The Morgan fingerprint density at radius 1 is 0.831 bits per heavy atom. The number of fused-ring (bicyclic) bond motifs is 11. The average molecular weight is 1090 g/mol. The highest BCUT2D eigenvalue weighted by molar-refractivity contribution is 6.71. The molecule has 6 aromatic rings. The largest absolute Gasteiger partial charge is 0.458 e. The monoisotopic (exact) mass is 1090 g/mol. The molecule has 12 rings (SSSR count). The number of aryl methyl sites for hydroxylation is 2. The van der Waals surface area contributed by atoms with Crippen molar-refractivity contribution in [1.29, 1.82) is 0 Å². The minimum absolute atomic E-state index is 0.00312. The summed E-state index contributed by atoms with van der Waals surface area (Å²) in [6.45, 7) is 9.69. The van der Waals surface area contributed by atoms with Crippen LogP contribution in [0.4, 0.5) is 4.39 Å². The lowest BCUT2D eigenvalue weighted by molar-refractivity contribution is -0.173. The van der Waals surface area contributed by atoms with E-state index >= 15 is 4.39 Å². The van der Waals surface area contributed by atoms with Crippen LogP contribution in [0.5, 0.6) is 11.5 Å². The third kappa shape index (κ3) is 7.76. The number of rotatable bonds is 12. The Bertz CT molecular complexity index is 3830. The Hall–Kier alpha value is -6.96. The number of nitrogens with one attached hydrogen (secondary N) is 1. The average Bonchev–Trinajstić information content (AvgIpc) is 4.32. The summed E-state index contributed by atoms with van der Waals surface area (Å²) in [5, 5.41) is 28.4. The minimum Gasteiger partial charge on any atom is -0.458 e. The molecule has 0 saturated heterocycles. The quantitative estimate of drug-likeness (QED) is 0.0741. The van der Waals surface area contributed by atoms with Crippen LogP contribution in [0.2, 0.25) is 37.8 Å². The van der Waals surface area contributed by atoms with Gasteiger partial charge in [-0.3, -0.25) is 19.2 Å². The van der Waals surface area contributed by atoms with Crippen LogP contribution < -0.4 is 25.9 Å². The van der Waals surface area contributed by atoms with Crippen molar-refractivity contribution in [3.8, 4) is 34.3 Å². The first-order valence-corrected chi connectivity index (χ1v) is 32.2. The molecule has 1 amide bonds. The van der Waals surface area contributed by atoms with Crippen LogP contribution in [-0.4, -0.2) is 86.1 Å². The molecule has 0 bridgehead atoms. The molecule has 0 fully saturated rings. The lowest BCUT2D eigenvalue weighted by Gasteiger charge is -2.35. The van der Waals surface area contributed by atoms with Crippen molar-refractivity contribution in [2.24, 2.45) is 0 Å². The van der Waals surface area contributed by atoms with E-state index in [1.54, 1.807) is 43.6 Å².